The number of aromatic nitrogens is 1. The summed E-state index contributed by atoms with van der Waals surface area (Å²) in [6.07, 6.45) is 5.88. The Bertz CT molecular complexity index is 406. The number of hydrogen-bond acceptors (Lipinski definition) is 4. The van der Waals surface area contributed by atoms with E-state index in [4.69, 9.17) is 0 Å². The van der Waals surface area contributed by atoms with Crippen LogP contribution >= 0.6 is 11.3 Å². The summed E-state index contributed by atoms with van der Waals surface area (Å²) in [5.41, 5.74) is 1.21. The lowest BCUT2D eigenvalue weighted by atomic mass is 9.94. The Balaban J connectivity index is 1.67. The Kier molecular flexibility index (Phi) is 3.68. The predicted octanol–water partition coefficient (Wildman–Crippen LogP) is 2.58. The van der Waals surface area contributed by atoms with Crippen LogP contribution in [0.1, 0.15) is 42.8 Å². The van der Waals surface area contributed by atoms with E-state index in [0.29, 0.717) is 12.0 Å². The third kappa shape index (κ3) is 2.46. The monoisotopic (exact) mass is 266 g/mol. The topological polar surface area (TPSA) is 36.4 Å². The van der Waals surface area contributed by atoms with Crippen molar-refractivity contribution in [1.82, 2.24) is 9.88 Å². The third-order valence-electron chi connectivity index (χ3n) is 4.47. The summed E-state index contributed by atoms with van der Waals surface area (Å²) in [7, 11) is 0. The second kappa shape index (κ2) is 5.27. The molecule has 1 N–H and O–H groups in total. The van der Waals surface area contributed by atoms with Crippen molar-refractivity contribution >= 4 is 11.3 Å². The van der Waals surface area contributed by atoms with E-state index in [1.165, 1.54) is 37.9 Å². The van der Waals surface area contributed by atoms with Gasteiger partial charge in [0.25, 0.3) is 0 Å². The number of aryl methyl sites for hydroxylation is 1. The van der Waals surface area contributed by atoms with Crippen molar-refractivity contribution in [3.8, 4) is 0 Å². The summed E-state index contributed by atoms with van der Waals surface area (Å²) in [5.74, 6) is 0.507. The van der Waals surface area contributed by atoms with Gasteiger partial charge < -0.3 is 5.11 Å². The van der Waals surface area contributed by atoms with Crippen molar-refractivity contribution in [3.05, 3.63) is 16.1 Å². The van der Waals surface area contributed by atoms with Gasteiger partial charge in [0.05, 0.1) is 16.8 Å². The minimum atomic E-state index is -0.0622. The molecule has 1 aromatic rings. The van der Waals surface area contributed by atoms with E-state index in [0.717, 1.165) is 18.0 Å². The van der Waals surface area contributed by atoms with Gasteiger partial charge in [-0.2, -0.15) is 0 Å². The van der Waals surface area contributed by atoms with Crippen molar-refractivity contribution in [3.63, 3.8) is 0 Å². The minimum absolute atomic E-state index is 0.0622. The summed E-state index contributed by atoms with van der Waals surface area (Å²) >= 11 is 1.73. The molecular weight excluding hydrogens is 244 g/mol. The third-order valence-corrected chi connectivity index (χ3v) is 5.29. The van der Waals surface area contributed by atoms with E-state index in [1.807, 2.05) is 0 Å². The van der Waals surface area contributed by atoms with E-state index in [1.54, 1.807) is 11.3 Å². The van der Waals surface area contributed by atoms with E-state index < -0.39 is 0 Å². The molecule has 18 heavy (non-hydrogen) atoms. The first kappa shape index (κ1) is 12.6. The van der Waals surface area contributed by atoms with Crippen LogP contribution in [0, 0.1) is 12.8 Å². The molecule has 2 fully saturated rings. The normalized spacial score (nSPS) is 33.3. The Hall–Kier alpha value is -0.450. The molecule has 1 aliphatic heterocycles. The van der Waals surface area contributed by atoms with Crippen LogP contribution < -0.4 is 0 Å². The molecule has 100 valence electrons. The van der Waals surface area contributed by atoms with Gasteiger partial charge in [-0.15, -0.1) is 11.3 Å². The number of aliphatic hydroxyl groups is 1. The Morgan fingerprint density at radius 3 is 2.94 bits per heavy atom. The van der Waals surface area contributed by atoms with Gasteiger partial charge in [-0.25, -0.2) is 4.98 Å². The minimum Gasteiger partial charge on any atom is -0.393 e. The average Bonchev–Trinajstić information content (AvgIpc) is 3.02. The van der Waals surface area contributed by atoms with Crippen molar-refractivity contribution < 1.29 is 5.11 Å². The van der Waals surface area contributed by atoms with Crippen LogP contribution in [-0.2, 0) is 6.54 Å². The molecule has 1 saturated heterocycles. The molecule has 1 aromatic heterocycles. The number of aliphatic hydroxyl groups excluding tert-OH is 1. The number of hydrogen-bond donors (Lipinski definition) is 1. The first-order chi connectivity index (χ1) is 8.74. The van der Waals surface area contributed by atoms with Gasteiger partial charge >= 0.3 is 0 Å². The van der Waals surface area contributed by atoms with Crippen LogP contribution in [-0.4, -0.2) is 33.7 Å². The summed E-state index contributed by atoms with van der Waals surface area (Å²) in [4.78, 5) is 7.12. The first-order valence-electron chi connectivity index (χ1n) is 7.07. The van der Waals surface area contributed by atoms with Crippen molar-refractivity contribution in [2.24, 2.45) is 5.92 Å². The van der Waals surface area contributed by atoms with Crippen LogP contribution in [0.15, 0.2) is 5.38 Å². The van der Waals surface area contributed by atoms with Crippen molar-refractivity contribution in [2.75, 3.05) is 6.54 Å². The molecule has 1 saturated carbocycles. The summed E-state index contributed by atoms with van der Waals surface area (Å²) in [5, 5.41) is 13.4. The van der Waals surface area contributed by atoms with Crippen LogP contribution in [0.5, 0.6) is 0 Å². The number of nitrogens with zero attached hydrogens (tertiary/aromatic N) is 2. The smallest absolute Gasteiger partial charge is 0.0897 e. The zero-order valence-electron chi connectivity index (χ0n) is 11.0. The molecule has 0 bridgehead atoms. The zero-order chi connectivity index (χ0) is 12.5. The standard InChI is InChI=1S/C14H22N2OS/c1-10-15-11(9-18-10)8-16-7-3-5-13(16)12-4-2-6-14(12)17/h9,12-14,17H,2-8H2,1H3. The molecule has 0 aromatic carbocycles. The molecule has 2 aliphatic rings. The molecule has 3 unspecified atom stereocenters. The molecule has 4 heteroatoms. The zero-order valence-corrected chi connectivity index (χ0v) is 11.8. The highest BCUT2D eigenvalue weighted by molar-refractivity contribution is 7.09. The van der Waals surface area contributed by atoms with E-state index >= 15 is 0 Å². The summed E-state index contributed by atoms with van der Waals surface area (Å²) in [6, 6.07) is 0.588. The van der Waals surface area contributed by atoms with E-state index in [2.05, 4.69) is 22.2 Å². The molecule has 0 spiro atoms. The highest BCUT2D eigenvalue weighted by atomic mass is 32.1. The van der Waals surface area contributed by atoms with Gasteiger partial charge in [-0.3, -0.25) is 4.90 Å². The maximum atomic E-state index is 10.1. The molecule has 1 aliphatic carbocycles. The molecular formula is C14H22N2OS. The van der Waals surface area contributed by atoms with Gasteiger partial charge in [-0.05, 0) is 39.2 Å². The molecule has 3 rings (SSSR count). The SMILES string of the molecule is Cc1nc(CN2CCCC2C2CCCC2O)cs1. The fourth-order valence-electron chi connectivity index (χ4n) is 3.64. The molecule has 0 radical (unpaired) electrons. The van der Waals surface area contributed by atoms with Gasteiger partial charge in [0.15, 0.2) is 0 Å². The molecule has 2 heterocycles. The average molecular weight is 266 g/mol. The second-order valence-electron chi connectivity index (χ2n) is 5.70. The number of rotatable bonds is 3. The lowest BCUT2D eigenvalue weighted by molar-refractivity contribution is 0.0714. The van der Waals surface area contributed by atoms with Crippen LogP contribution in [0.3, 0.4) is 0 Å². The Labute approximate surface area is 113 Å². The summed E-state index contributed by atoms with van der Waals surface area (Å²) in [6.45, 7) is 4.21. The largest absolute Gasteiger partial charge is 0.393 e. The van der Waals surface area contributed by atoms with Gasteiger partial charge in [0, 0.05) is 23.9 Å². The molecule has 0 amide bonds. The lowest BCUT2D eigenvalue weighted by Crippen LogP contribution is -2.38. The highest BCUT2D eigenvalue weighted by Gasteiger charge is 2.38. The molecule has 3 nitrogen and oxygen atoms in total. The van der Waals surface area contributed by atoms with Crippen molar-refractivity contribution in [2.45, 2.75) is 57.7 Å². The van der Waals surface area contributed by atoms with Gasteiger partial charge in [0.2, 0.25) is 0 Å². The fourth-order valence-corrected chi connectivity index (χ4v) is 4.24. The molecule has 3 atom stereocenters. The maximum Gasteiger partial charge on any atom is 0.0897 e. The second-order valence-corrected chi connectivity index (χ2v) is 6.76. The van der Waals surface area contributed by atoms with Gasteiger partial charge in [-0.1, -0.05) is 6.42 Å². The fraction of sp³-hybridized carbons (Fsp3) is 0.786. The number of likely N-dealkylation sites (tertiary alicyclic amines) is 1. The predicted molar refractivity (Wildman–Crippen MR) is 73.6 cm³/mol. The van der Waals surface area contributed by atoms with Gasteiger partial charge in [0.1, 0.15) is 0 Å². The van der Waals surface area contributed by atoms with Crippen LogP contribution in [0.25, 0.3) is 0 Å². The Morgan fingerprint density at radius 2 is 2.28 bits per heavy atom. The summed E-state index contributed by atoms with van der Waals surface area (Å²) < 4.78 is 0. The van der Waals surface area contributed by atoms with Crippen molar-refractivity contribution in [1.29, 1.82) is 0 Å². The first-order valence-corrected chi connectivity index (χ1v) is 7.95. The van der Waals surface area contributed by atoms with E-state index in [9.17, 15) is 5.11 Å². The highest BCUT2D eigenvalue weighted by Crippen LogP contribution is 2.36. The van der Waals surface area contributed by atoms with Crippen LogP contribution in [0.4, 0.5) is 0 Å². The van der Waals surface area contributed by atoms with Crippen LogP contribution in [0.2, 0.25) is 0 Å². The quantitative estimate of drug-likeness (QED) is 0.913. The lowest BCUT2D eigenvalue weighted by Gasteiger charge is -2.30. The number of thiazole rings is 1. The maximum absolute atomic E-state index is 10.1. The Morgan fingerprint density at radius 1 is 1.39 bits per heavy atom. The van der Waals surface area contributed by atoms with E-state index in [-0.39, 0.29) is 6.10 Å².